The SMILES string of the molecule is Cn1cncc1CNCCc1ncon1. The first-order valence-corrected chi connectivity index (χ1v) is 4.77. The molecule has 2 aromatic rings. The molecule has 80 valence electrons. The summed E-state index contributed by atoms with van der Waals surface area (Å²) in [7, 11) is 1.98. The molecule has 6 nitrogen and oxygen atoms in total. The number of nitrogens with zero attached hydrogens (tertiary/aromatic N) is 4. The lowest BCUT2D eigenvalue weighted by molar-refractivity contribution is 0.409. The molecule has 2 heterocycles. The van der Waals surface area contributed by atoms with Crippen LogP contribution in [0.1, 0.15) is 11.5 Å². The molecule has 0 aliphatic carbocycles. The summed E-state index contributed by atoms with van der Waals surface area (Å²) < 4.78 is 6.62. The quantitative estimate of drug-likeness (QED) is 0.706. The summed E-state index contributed by atoms with van der Waals surface area (Å²) in [5.41, 5.74) is 1.16. The molecule has 0 aromatic carbocycles. The van der Waals surface area contributed by atoms with Crippen LogP contribution < -0.4 is 5.32 Å². The highest BCUT2D eigenvalue weighted by Gasteiger charge is 1.99. The van der Waals surface area contributed by atoms with Crippen molar-refractivity contribution in [1.82, 2.24) is 25.0 Å². The van der Waals surface area contributed by atoms with Gasteiger partial charge >= 0.3 is 0 Å². The van der Waals surface area contributed by atoms with E-state index in [1.165, 1.54) is 6.39 Å². The van der Waals surface area contributed by atoms with E-state index in [0.29, 0.717) is 0 Å². The van der Waals surface area contributed by atoms with Gasteiger partial charge in [0.1, 0.15) is 0 Å². The van der Waals surface area contributed by atoms with Gasteiger partial charge in [-0.25, -0.2) is 4.98 Å². The van der Waals surface area contributed by atoms with Gasteiger partial charge in [-0.3, -0.25) is 0 Å². The zero-order chi connectivity index (χ0) is 10.5. The lowest BCUT2D eigenvalue weighted by Crippen LogP contribution is -2.18. The first-order valence-electron chi connectivity index (χ1n) is 4.77. The summed E-state index contributed by atoms with van der Waals surface area (Å²) in [5.74, 6) is 0.729. The van der Waals surface area contributed by atoms with Crippen molar-refractivity contribution in [3.63, 3.8) is 0 Å². The molecular weight excluding hydrogens is 194 g/mol. The van der Waals surface area contributed by atoms with Crippen molar-refractivity contribution in [3.05, 3.63) is 30.4 Å². The van der Waals surface area contributed by atoms with Gasteiger partial charge in [0.25, 0.3) is 0 Å². The summed E-state index contributed by atoms with van der Waals surface area (Å²) in [5, 5.41) is 7.01. The normalized spacial score (nSPS) is 10.7. The Hall–Kier alpha value is -1.69. The molecule has 0 spiro atoms. The van der Waals surface area contributed by atoms with Crippen LogP contribution in [-0.4, -0.2) is 26.2 Å². The monoisotopic (exact) mass is 207 g/mol. The van der Waals surface area contributed by atoms with E-state index in [2.05, 4.69) is 25.0 Å². The first kappa shape index (κ1) is 9.85. The number of hydrogen-bond donors (Lipinski definition) is 1. The van der Waals surface area contributed by atoms with E-state index in [1.807, 2.05) is 17.8 Å². The maximum absolute atomic E-state index is 4.63. The second-order valence-electron chi connectivity index (χ2n) is 3.27. The summed E-state index contributed by atoms with van der Waals surface area (Å²) in [6.07, 6.45) is 5.75. The minimum atomic E-state index is 0.729. The Morgan fingerprint density at radius 1 is 1.53 bits per heavy atom. The molecular formula is C9H13N5O. The van der Waals surface area contributed by atoms with Crippen molar-refractivity contribution in [1.29, 1.82) is 0 Å². The van der Waals surface area contributed by atoms with Crippen LogP contribution in [0.25, 0.3) is 0 Å². The fourth-order valence-corrected chi connectivity index (χ4v) is 1.27. The molecule has 1 N–H and O–H groups in total. The third kappa shape index (κ3) is 2.63. The Bertz CT molecular complexity index is 394. The van der Waals surface area contributed by atoms with E-state index in [0.717, 1.165) is 31.0 Å². The molecule has 0 fully saturated rings. The summed E-state index contributed by atoms with van der Waals surface area (Å²) in [6, 6.07) is 0. The predicted octanol–water partition coefficient (Wildman–Crippen LogP) is 0.135. The molecule has 0 atom stereocenters. The second kappa shape index (κ2) is 4.70. The van der Waals surface area contributed by atoms with Crippen molar-refractivity contribution in [2.45, 2.75) is 13.0 Å². The van der Waals surface area contributed by atoms with E-state index in [9.17, 15) is 0 Å². The van der Waals surface area contributed by atoms with Crippen LogP contribution in [-0.2, 0) is 20.0 Å². The van der Waals surface area contributed by atoms with Gasteiger partial charge in [0.05, 0.1) is 12.0 Å². The minimum absolute atomic E-state index is 0.729. The Labute approximate surface area is 87.3 Å². The average molecular weight is 207 g/mol. The van der Waals surface area contributed by atoms with Gasteiger partial charge in [-0.1, -0.05) is 5.16 Å². The van der Waals surface area contributed by atoms with E-state index >= 15 is 0 Å². The van der Waals surface area contributed by atoms with E-state index < -0.39 is 0 Å². The van der Waals surface area contributed by atoms with Gasteiger partial charge in [0, 0.05) is 32.8 Å². The summed E-state index contributed by atoms with van der Waals surface area (Å²) >= 11 is 0. The molecule has 0 saturated heterocycles. The molecule has 0 unspecified atom stereocenters. The molecule has 0 saturated carbocycles. The zero-order valence-corrected chi connectivity index (χ0v) is 8.55. The Balaban J connectivity index is 1.70. The van der Waals surface area contributed by atoms with Crippen LogP contribution in [0.4, 0.5) is 0 Å². The van der Waals surface area contributed by atoms with Crippen molar-refractivity contribution >= 4 is 0 Å². The summed E-state index contributed by atoms with van der Waals surface area (Å²) in [6.45, 7) is 1.62. The lowest BCUT2D eigenvalue weighted by Gasteiger charge is -2.03. The van der Waals surface area contributed by atoms with E-state index in [1.54, 1.807) is 6.33 Å². The largest absolute Gasteiger partial charge is 0.343 e. The van der Waals surface area contributed by atoms with Gasteiger partial charge in [-0.2, -0.15) is 4.98 Å². The second-order valence-corrected chi connectivity index (χ2v) is 3.27. The zero-order valence-electron chi connectivity index (χ0n) is 8.55. The smallest absolute Gasteiger partial charge is 0.213 e. The highest BCUT2D eigenvalue weighted by molar-refractivity contribution is 4.96. The van der Waals surface area contributed by atoms with Crippen LogP contribution in [0, 0.1) is 0 Å². The van der Waals surface area contributed by atoms with Crippen LogP contribution in [0.2, 0.25) is 0 Å². The van der Waals surface area contributed by atoms with Crippen LogP contribution in [0.5, 0.6) is 0 Å². The molecule has 0 radical (unpaired) electrons. The molecule has 2 aromatic heterocycles. The lowest BCUT2D eigenvalue weighted by atomic mass is 10.4. The van der Waals surface area contributed by atoms with E-state index in [4.69, 9.17) is 0 Å². The number of nitrogens with one attached hydrogen (secondary N) is 1. The van der Waals surface area contributed by atoms with Gasteiger partial charge in [-0.15, -0.1) is 0 Å². The third-order valence-corrected chi connectivity index (χ3v) is 2.15. The number of aryl methyl sites for hydroxylation is 1. The molecule has 15 heavy (non-hydrogen) atoms. The Kier molecular flexibility index (Phi) is 3.08. The number of aromatic nitrogens is 4. The van der Waals surface area contributed by atoms with Crippen molar-refractivity contribution in [2.24, 2.45) is 7.05 Å². The molecule has 0 aliphatic rings. The van der Waals surface area contributed by atoms with Crippen molar-refractivity contribution in [2.75, 3.05) is 6.54 Å². The van der Waals surface area contributed by atoms with E-state index in [-0.39, 0.29) is 0 Å². The number of rotatable bonds is 5. The maximum Gasteiger partial charge on any atom is 0.213 e. The topological polar surface area (TPSA) is 68.8 Å². The molecule has 0 amide bonds. The average Bonchev–Trinajstić information content (AvgIpc) is 2.85. The van der Waals surface area contributed by atoms with Crippen LogP contribution >= 0.6 is 0 Å². The number of hydrogen-bond acceptors (Lipinski definition) is 5. The summed E-state index contributed by atoms with van der Waals surface area (Å²) in [4.78, 5) is 7.97. The third-order valence-electron chi connectivity index (χ3n) is 2.15. The standard InChI is InChI=1S/C9H13N5O/c1-14-6-11-5-8(14)4-10-3-2-9-12-7-15-13-9/h5-7,10H,2-4H2,1H3. The Morgan fingerprint density at radius 2 is 2.47 bits per heavy atom. The van der Waals surface area contributed by atoms with Gasteiger partial charge in [-0.05, 0) is 0 Å². The van der Waals surface area contributed by atoms with Gasteiger partial charge in [0.15, 0.2) is 5.82 Å². The van der Waals surface area contributed by atoms with Gasteiger partial charge in [0.2, 0.25) is 6.39 Å². The molecule has 0 bridgehead atoms. The fraction of sp³-hybridized carbons (Fsp3) is 0.444. The van der Waals surface area contributed by atoms with Crippen molar-refractivity contribution < 1.29 is 4.52 Å². The fourth-order valence-electron chi connectivity index (χ4n) is 1.27. The molecule has 0 aliphatic heterocycles. The van der Waals surface area contributed by atoms with Crippen LogP contribution in [0.3, 0.4) is 0 Å². The highest BCUT2D eigenvalue weighted by atomic mass is 16.5. The molecule has 6 heteroatoms. The van der Waals surface area contributed by atoms with Crippen LogP contribution in [0.15, 0.2) is 23.4 Å². The van der Waals surface area contributed by atoms with Crippen molar-refractivity contribution in [3.8, 4) is 0 Å². The number of imidazole rings is 1. The molecule has 2 rings (SSSR count). The Morgan fingerprint density at radius 3 is 3.13 bits per heavy atom. The first-order chi connectivity index (χ1) is 7.36. The maximum atomic E-state index is 4.63. The highest BCUT2D eigenvalue weighted by Crippen LogP contribution is 1.95. The predicted molar refractivity (Wildman–Crippen MR) is 52.9 cm³/mol. The minimum Gasteiger partial charge on any atom is -0.343 e. The van der Waals surface area contributed by atoms with Gasteiger partial charge < -0.3 is 14.4 Å².